The van der Waals surface area contributed by atoms with Crippen molar-refractivity contribution in [1.82, 2.24) is 0 Å². The molecule has 2 aromatic carbocycles. The molecule has 9 heteroatoms. The largest absolute Gasteiger partial charge is 0.422 e. The minimum Gasteiger partial charge on any atom is -0.203 e. The highest BCUT2D eigenvalue weighted by atomic mass is 35.5. The number of rotatable bonds is 1. The molecule has 0 fully saturated rings. The van der Waals surface area contributed by atoms with Crippen molar-refractivity contribution in [1.29, 1.82) is 0 Å². The Hall–Kier alpha value is -1.47. The Kier molecular flexibility index (Phi) is 4.32. The minimum atomic E-state index is -5.60. The molecule has 2 aromatic rings. The first-order chi connectivity index (χ1) is 10.0. The summed E-state index contributed by atoms with van der Waals surface area (Å²) in [4.78, 5) is 0. The van der Waals surface area contributed by atoms with Gasteiger partial charge >= 0.3 is 6.18 Å². The van der Waals surface area contributed by atoms with Crippen LogP contribution in [0, 0.1) is 23.3 Å². The molecule has 0 aliphatic carbocycles. The second kappa shape index (κ2) is 5.62. The lowest BCUT2D eigenvalue weighted by atomic mass is 10.0. The zero-order valence-corrected chi connectivity index (χ0v) is 11.6. The van der Waals surface area contributed by atoms with Gasteiger partial charge < -0.3 is 0 Å². The SMILES string of the molecule is Fc1c(F)c(C(F)(F)F)c(F)c(F)c1-c1cc(Cl)cc(Cl)c1. The summed E-state index contributed by atoms with van der Waals surface area (Å²) in [7, 11) is 0. The molecule has 0 aliphatic heterocycles. The Labute approximate surface area is 129 Å². The molecule has 0 atom stereocenters. The zero-order chi connectivity index (χ0) is 16.8. The van der Waals surface area contributed by atoms with E-state index in [1.165, 1.54) is 6.07 Å². The van der Waals surface area contributed by atoms with Crippen molar-refractivity contribution in [2.75, 3.05) is 0 Å². The third-order valence-corrected chi connectivity index (χ3v) is 3.13. The van der Waals surface area contributed by atoms with Gasteiger partial charge in [-0.3, -0.25) is 0 Å². The monoisotopic (exact) mass is 362 g/mol. The predicted octanol–water partition coefficient (Wildman–Crippen LogP) is 6.24. The van der Waals surface area contributed by atoms with Gasteiger partial charge in [0.05, 0.1) is 5.56 Å². The molecule has 0 spiro atoms. The molecule has 0 heterocycles. The first kappa shape index (κ1) is 16.9. The molecular formula is C13H3Cl2F7. The fourth-order valence-corrected chi connectivity index (χ4v) is 2.36. The zero-order valence-electron chi connectivity index (χ0n) is 10.1. The molecule has 22 heavy (non-hydrogen) atoms. The van der Waals surface area contributed by atoms with Crippen LogP contribution in [0.3, 0.4) is 0 Å². The molecule has 0 amide bonds. The van der Waals surface area contributed by atoms with E-state index in [0.717, 1.165) is 12.1 Å². The number of alkyl halides is 3. The quantitative estimate of drug-likeness (QED) is 0.416. The maximum Gasteiger partial charge on any atom is 0.422 e. The standard InChI is InChI=1S/C13H3Cl2F7/c14-5-1-4(2-6(15)3-5)7-9(16)11(18)8(13(20,21)22)12(19)10(7)17/h1-3H. The predicted molar refractivity (Wildman–Crippen MR) is 66.7 cm³/mol. The summed E-state index contributed by atoms with van der Waals surface area (Å²) in [5.41, 5.74) is -4.47. The van der Waals surface area contributed by atoms with E-state index in [1.54, 1.807) is 0 Å². The van der Waals surface area contributed by atoms with Crippen LogP contribution in [0.4, 0.5) is 30.7 Å². The molecule has 0 unspecified atom stereocenters. The molecule has 0 aromatic heterocycles. The van der Waals surface area contributed by atoms with E-state index in [1.807, 2.05) is 0 Å². The Bertz CT molecular complexity index is 704. The molecule has 2 rings (SSSR count). The summed E-state index contributed by atoms with van der Waals surface area (Å²) in [6.45, 7) is 0. The normalized spacial score (nSPS) is 11.9. The summed E-state index contributed by atoms with van der Waals surface area (Å²) < 4.78 is 92.1. The summed E-state index contributed by atoms with van der Waals surface area (Å²) in [5.74, 6) is -9.47. The lowest BCUT2D eigenvalue weighted by molar-refractivity contribution is -0.143. The molecule has 118 valence electrons. The number of halogens is 9. The van der Waals surface area contributed by atoms with Crippen LogP contribution in [-0.4, -0.2) is 0 Å². The van der Waals surface area contributed by atoms with Crippen LogP contribution in [0.25, 0.3) is 11.1 Å². The third kappa shape index (κ3) is 2.87. The van der Waals surface area contributed by atoms with E-state index in [9.17, 15) is 30.7 Å². The molecule has 0 N–H and O–H groups in total. The first-order valence-electron chi connectivity index (χ1n) is 5.43. The van der Waals surface area contributed by atoms with Crippen molar-refractivity contribution in [3.8, 4) is 11.1 Å². The molecular weight excluding hydrogens is 360 g/mol. The van der Waals surface area contributed by atoms with Gasteiger partial charge in [0.2, 0.25) is 0 Å². The van der Waals surface area contributed by atoms with Gasteiger partial charge in [-0.25, -0.2) is 17.6 Å². The number of hydrogen-bond donors (Lipinski definition) is 0. The van der Waals surface area contributed by atoms with Crippen LogP contribution in [0.5, 0.6) is 0 Å². The molecule has 0 saturated carbocycles. The van der Waals surface area contributed by atoms with Gasteiger partial charge in [0, 0.05) is 10.0 Å². The summed E-state index contributed by atoms with van der Waals surface area (Å²) >= 11 is 11.2. The van der Waals surface area contributed by atoms with Crippen LogP contribution in [0.2, 0.25) is 10.0 Å². The van der Waals surface area contributed by atoms with E-state index < -0.39 is 46.1 Å². The molecule has 0 aliphatic rings. The average Bonchev–Trinajstić information content (AvgIpc) is 2.34. The highest BCUT2D eigenvalue weighted by molar-refractivity contribution is 6.35. The van der Waals surface area contributed by atoms with Gasteiger partial charge in [-0.05, 0) is 23.8 Å². The van der Waals surface area contributed by atoms with Crippen molar-refractivity contribution >= 4 is 23.2 Å². The van der Waals surface area contributed by atoms with E-state index in [0.29, 0.717) is 0 Å². The highest BCUT2D eigenvalue weighted by Gasteiger charge is 2.42. The lowest BCUT2D eigenvalue weighted by Crippen LogP contribution is -2.16. The fourth-order valence-electron chi connectivity index (χ4n) is 1.83. The summed E-state index contributed by atoms with van der Waals surface area (Å²) in [5, 5.41) is -0.246. The maximum atomic E-state index is 13.8. The second-order valence-electron chi connectivity index (χ2n) is 4.16. The highest BCUT2D eigenvalue weighted by Crippen LogP contribution is 2.40. The molecule has 0 saturated heterocycles. The topological polar surface area (TPSA) is 0 Å². The van der Waals surface area contributed by atoms with Gasteiger partial charge in [0.15, 0.2) is 23.3 Å². The Morgan fingerprint density at radius 1 is 0.682 bits per heavy atom. The van der Waals surface area contributed by atoms with Crippen LogP contribution in [0.15, 0.2) is 18.2 Å². The Balaban J connectivity index is 2.85. The second-order valence-corrected chi connectivity index (χ2v) is 5.03. The smallest absolute Gasteiger partial charge is 0.203 e. The van der Waals surface area contributed by atoms with Crippen LogP contribution in [-0.2, 0) is 6.18 Å². The van der Waals surface area contributed by atoms with Crippen molar-refractivity contribution in [2.45, 2.75) is 6.18 Å². The van der Waals surface area contributed by atoms with Crippen LogP contribution < -0.4 is 0 Å². The van der Waals surface area contributed by atoms with E-state index in [-0.39, 0.29) is 10.0 Å². The Morgan fingerprint density at radius 2 is 1.09 bits per heavy atom. The molecule has 0 nitrogen and oxygen atoms in total. The van der Waals surface area contributed by atoms with Crippen LogP contribution in [0.1, 0.15) is 5.56 Å². The van der Waals surface area contributed by atoms with Crippen molar-refractivity contribution < 1.29 is 30.7 Å². The lowest BCUT2D eigenvalue weighted by Gasteiger charge is -2.14. The summed E-state index contributed by atoms with van der Waals surface area (Å²) in [6, 6.07) is 2.97. The van der Waals surface area contributed by atoms with Gasteiger partial charge in [-0.2, -0.15) is 13.2 Å². The molecule has 0 radical (unpaired) electrons. The third-order valence-electron chi connectivity index (χ3n) is 2.70. The molecule has 0 bridgehead atoms. The van der Waals surface area contributed by atoms with Gasteiger partial charge in [0.25, 0.3) is 0 Å². The van der Waals surface area contributed by atoms with Crippen molar-refractivity contribution in [2.24, 2.45) is 0 Å². The average molecular weight is 363 g/mol. The van der Waals surface area contributed by atoms with Gasteiger partial charge in [0.1, 0.15) is 5.56 Å². The van der Waals surface area contributed by atoms with Gasteiger partial charge in [-0.1, -0.05) is 23.2 Å². The Morgan fingerprint density at radius 3 is 1.45 bits per heavy atom. The maximum absolute atomic E-state index is 13.8. The van der Waals surface area contributed by atoms with Crippen molar-refractivity contribution in [3.63, 3.8) is 0 Å². The van der Waals surface area contributed by atoms with E-state index in [4.69, 9.17) is 23.2 Å². The number of benzene rings is 2. The van der Waals surface area contributed by atoms with Crippen LogP contribution >= 0.6 is 23.2 Å². The van der Waals surface area contributed by atoms with E-state index >= 15 is 0 Å². The minimum absolute atomic E-state index is 0.123. The van der Waals surface area contributed by atoms with Gasteiger partial charge in [-0.15, -0.1) is 0 Å². The summed E-state index contributed by atoms with van der Waals surface area (Å²) in [6.07, 6.45) is -5.60. The number of hydrogen-bond acceptors (Lipinski definition) is 0. The van der Waals surface area contributed by atoms with E-state index in [2.05, 4.69) is 0 Å². The first-order valence-corrected chi connectivity index (χ1v) is 6.19. The van der Waals surface area contributed by atoms with Crippen molar-refractivity contribution in [3.05, 3.63) is 57.1 Å². The fraction of sp³-hybridized carbons (Fsp3) is 0.0769.